The van der Waals surface area contributed by atoms with Gasteiger partial charge in [-0.15, -0.1) is 0 Å². The predicted molar refractivity (Wildman–Crippen MR) is 77.0 cm³/mol. The van der Waals surface area contributed by atoms with E-state index in [9.17, 15) is 0 Å². The fraction of sp³-hybridized carbons (Fsp3) is 0.308. The maximum atomic E-state index is 6.02. The minimum absolute atomic E-state index is 0.544. The normalized spacial score (nSPS) is 10.6. The van der Waals surface area contributed by atoms with Crippen molar-refractivity contribution in [2.75, 3.05) is 11.9 Å². The lowest BCUT2D eigenvalue weighted by molar-refractivity contribution is 0.823. The van der Waals surface area contributed by atoms with Crippen LogP contribution in [0.2, 0.25) is 10.0 Å². The lowest BCUT2D eigenvalue weighted by atomic mass is 10.3. The maximum Gasteiger partial charge on any atom is 0.207 e. The second-order valence-corrected chi connectivity index (χ2v) is 4.81. The Morgan fingerprint density at radius 1 is 1.28 bits per heavy atom. The number of hydrogen-bond donors (Lipinski definition) is 1. The van der Waals surface area contributed by atoms with Gasteiger partial charge < -0.3 is 5.32 Å². The van der Waals surface area contributed by atoms with Crippen LogP contribution in [0, 0.1) is 0 Å². The monoisotopic (exact) mass is 283 g/mol. The standard InChI is InChI=1S/C13H15Cl2N3/c1-2-3-6-16-13-17-7-8-18(13)10-4-5-11(14)12(15)9-10/h4-5,7-9H,2-3,6H2,1H3,(H,16,17). The van der Waals surface area contributed by atoms with Crippen molar-refractivity contribution in [3.05, 3.63) is 40.6 Å². The molecule has 0 unspecified atom stereocenters. The zero-order valence-corrected chi connectivity index (χ0v) is 11.7. The van der Waals surface area contributed by atoms with E-state index in [1.54, 1.807) is 12.3 Å². The fourth-order valence-electron chi connectivity index (χ4n) is 1.65. The first kappa shape index (κ1) is 13.2. The van der Waals surface area contributed by atoms with Crippen molar-refractivity contribution >= 4 is 29.2 Å². The van der Waals surface area contributed by atoms with Gasteiger partial charge in [0.05, 0.1) is 15.7 Å². The fourth-order valence-corrected chi connectivity index (χ4v) is 1.95. The Bertz CT molecular complexity index is 523. The van der Waals surface area contributed by atoms with Gasteiger partial charge in [-0.1, -0.05) is 36.5 Å². The molecule has 0 fully saturated rings. The van der Waals surface area contributed by atoms with E-state index in [1.165, 1.54) is 0 Å². The molecular formula is C13H15Cl2N3. The average Bonchev–Trinajstić information content (AvgIpc) is 2.81. The summed E-state index contributed by atoms with van der Waals surface area (Å²) >= 11 is 11.9. The van der Waals surface area contributed by atoms with E-state index in [-0.39, 0.29) is 0 Å². The Kier molecular flexibility index (Phi) is 4.50. The summed E-state index contributed by atoms with van der Waals surface area (Å²) in [5.74, 6) is 0.821. The maximum absolute atomic E-state index is 6.02. The molecule has 1 aromatic heterocycles. The number of benzene rings is 1. The van der Waals surface area contributed by atoms with E-state index in [4.69, 9.17) is 23.2 Å². The second-order valence-electron chi connectivity index (χ2n) is 4.00. The van der Waals surface area contributed by atoms with Crippen LogP contribution in [0.25, 0.3) is 5.69 Å². The number of rotatable bonds is 5. The van der Waals surface area contributed by atoms with Gasteiger partial charge in [0.15, 0.2) is 0 Å². The molecule has 0 radical (unpaired) electrons. The molecular weight excluding hydrogens is 269 g/mol. The van der Waals surface area contributed by atoms with E-state index >= 15 is 0 Å². The first-order chi connectivity index (χ1) is 8.72. The second kappa shape index (κ2) is 6.12. The van der Waals surface area contributed by atoms with Crippen LogP contribution in [0.5, 0.6) is 0 Å². The van der Waals surface area contributed by atoms with Crippen LogP contribution in [0.4, 0.5) is 5.95 Å². The van der Waals surface area contributed by atoms with Gasteiger partial charge in [0, 0.05) is 18.9 Å². The van der Waals surface area contributed by atoms with Crippen LogP contribution in [-0.4, -0.2) is 16.1 Å². The Labute approximate surface area is 117 Å². The minimum atomic E-state index is 0.544. The van der Waals surface area contributed by atoms with Crippen LogP contribution >= 0.6 is 23.2 Å². The Hall–Kier alpha value is -1.19. The molecule has 18 heavy (non-hydrogen) atoms. The summed E-state index contributed by atoms with van der Waals surface area (Å²) in [7, 11) is 0. The van der Waals surface area contributed by atoms with Gasteiger partial charge in [0.25, 0.3) is 0 Å². The topological polar surface area (TPSA) is 29.9 Å². The third kappa shape index (κ3) is 2.98. The van der Waals surface area contributed by atoms with Gasteiger partial charge in [0.1, 0.15) is 0 Å². The summed E-state index contributed by atoms with van der Waals surface area (Å²) in [6, 6.07) is 5.53. The van der Waals surface area contributed by atoms with Crippen molar-refractivity contribution < 1.29 is 0 Å². The number of imidazole rings is 1. The summed E-state index contributed by atoms with van der Waals surface area (Å²) in [6.45, 7) is 3.07. The Balaban J connectivity index is 2.22. The van der Waals surface area contributed by atoms with E-state index in [1.807, 2.05) is 22.9 Å². The molecule has 1 aromatic carbocycles. The SMILES string of the molecule is CCCCNc1nccn1-c1ccc(Cl)c(Cl)c1. The van der Waals surface area contributed by atoms with E-state index in [0.29, 0.717) is 10.0 Å². The zero-order valence-electron chi connectivity index (χ0n) is 10.2. The van der Waals surface area contributed by atoms with Crippen molar-refractivity contribution in [1.82, 2.24) is 9.55 Å². The van der Waals surface area contributed by atoms with Crippen molar-refractivity contribution in [2.45, 2.75) is 19.8 Å². The van der Waals surface area contributed by atoms with Gasteiger partial charge in [-0.3, -0.25) is 4.57 Å². The Morgan fingerprint density at radius 3 is 2.83 bits per heavy atom. The average molecular weight is 284 g/mol. The van der Waals surface area contributed by atoms with Crippen LogP contribution in [0.3, 0.4) is 0 Å². The predicted octanol–water partition coefficient (Wildman–Crippen LogP) is 4.39. The first-order valence-electron chi connectivity index (χ1n) is 5.95. The van der Waals surface area contributed by atoms with Crippen LogP contribution < -0.4 is 5.32 Å². The van der Waals surface area contributed by atoms with Crippen LogP contribution in [-0.2, 0) is 0 Å². The highest BCUT2D eigenvalue weighted by Gasteiger charge is 2.06. The molecule has 2 rings (SSSR count). The number of unbranched alkanes of at least 4 members (excludes halogenated alkanes) is 1. The highest BCUT2D eigenvalue weighted by Crippen LogP contribution is 2.25. The van der Waals surface area contributed by atoms with Crippen molar-refractivity contribution in [3.8, 4) is 5.69 Å². The molecule has 0 aliphatic heterocycles. The molecule has 1 heterocycles. The van der Waals surface area contributed by atoms with Crippen LogP contribution in [0.1, 0.15) is 19.8 Å². The molecule has 0 saturated carbocycles. The molecule has 0 aliphatic carbocycles. The lowest BCUT2D eigenvalue weighted by Crippen LogP contribution is -2.07. The molecule has 0 atom stereocenters. The summed E-state index contributed by atoms with van der Waals surface area (Å²) < 4.78 is 1.96. The summed E-state index contributed by atoms with van der Waals surface area (Å²) in [6.07, 6.45) is 5.93. The molecule has 2 aromatic rings. The molecule has 0 spiro atoms. The van der Waals surface area contributed by atoms with E-state index in [2.05, 4.69) is 17.2 Å². The summed E-state index contributed by atoms with van der Waals surface area (Å²) in [5, 5.41) is 4.40. The molecule has 3 nitrogen and oxygen atoms in total. The Morgan fingerprint density at radius 2 is 2.11 bits per heavy atom. The third-order valence-electron chi connectivity index (χ3n) is 2.64. The lowest BCUT2D eigenvalue weighted by Gasteiger charge is -2.10. The van der Waals surface area contributed by atoms with Gasteiger partial charge in [0.2, 0.25) is 5.95 Å². The highest BCUT2D eigenvalue weighted by molar-refractivity contribution is 6.42. The van der Waals surface area contributed by atoms with Crippen LogP contribution in [0.15, 0.2) is 30.6 Å². The molecule has 1 N–H and O–H groups in total. The zero-order chi connectivity index (χ0) is 13.0. The number of nitrogens with zero attached hydrogens (tertiary/aromatic N) is 2. The number of anilines is 1. The van der Waals surface area contributed by atoms with Gasteiger partial charge in [-0.05, 0) is 24.6 Å². The summed E-state index contributed by atoms with van der Waals surface area (Å²) in [4.78, 5) is 4.29. The molecule has 0 aliphatic rings. The number of halogens is 2. The molecule has 0 bridgehead atoms. The first-order valence-corrected chi connectivity index (χ1v) is 6.70. The minimum Gasteiger partial charge on any atom is -0.355 e. The quantitative estimate of drug-likeness (QED) is 0.825. The van der Waals surface area contributed by atoms with Crippen molar-refractivity contribution in [2.24, 2.45) is 0 Å². The largest absolute Gasteiger partial charge is 0.355 e. The summed E-state index contributed by atoms with van der Waals surface area (Å²) in [5.41, 5.74) is 0.945. The van der Waals surface area contributed by atoms with E-state index < -0.39 is 0 Å². The molecule has 0 saturated heterocycles. The third-order valence-corrected chi connectivity index (χ3v) is 3.37. The molecule has 0 amide bonds. The molecule has 96 valence electrons. The van der Waals surface area contributed by atoms with Crippen molar-refractivity contribution in [1.29, 1.82) is 0 Å². The smallest absolute Gasteiger partial charge is 0.207 e. The van der Waals surface area contributed by atoms with Crippen molar-refractivity contribution in [3.63, 3.8) is 0 Å². The van der Waals surface area contributed by atoms with E-state index in [0.717, 1.165) is 31.0 Å². The number of aromatic nitrogens is 2. The number of nitrogens with one attached hydrogen (secondary N) is 1. The highest BCUT2D eigenvalue weighted by atomic mass is 35.5. The number of hydrogen-bond acceptors (Lipinski definition) is 2. The van der Waals surface area contributed by atoms with Gasteiger partial charge >= 0.3 is 0 Å². The van der Waals surface area contributed by atoms with Gasteiger partial charge in [-0.25, -0.2) is 4.98 Å². The van der Waals surface area contributed by atoms with Gasteiger partial charge in [-0.2, -0.15) is 0 Å². The molecule has 5 heteroatoms.